The van der Waals surface area contributed by atoms with Gasteiger partial charge in [-0.05, 0) is 24.4 Å². The third-order valence-electron chi connectivity index (χ3n) is 4.06. The van der Waals surface area contributed by atoms with Crippen LogP contribution < -0.4 is 5.32 Å². The lowest BCUT2D eigenvalue weighted by Crippen LogP contribution is -2.41. The summed E-state index contributed by atoms with van der Waals surface area (Å²) in [5.41, 5.74) is -0.0411. The van der Waals surface area contributed by atoms with E-state index in [9.17, 15) is 14.4 Å². The molecule has 0 heterocycles. The van der Waals surface area contributed by atoms with Crippen molar-refractivity contribution in [3.8, 4) is 0 Å². The van der Waals surface area contributed by atoms with Crippen molar-refractivity contribution in [1.82, 2.24) is 5.32 Å². The molecule has 0 aliphatic heterocycles. The number of carbonyl (C=O) groups is 3. The quantitative estimate of drug-likeness (QED) is 0.583. The number of benzene rings is 1. The molecule has 0 radical (unpaired) electrons. The summed E-state index contributed by atoms with van der Waals surface area (Å²) in [5, 5.41) is 1.76. The molecule has 1 rings (SSSR count). The number of carbonyl (C=O) groups excluding carboxylic acids is 3. The van der Waals surface area contributed by atoms with Gasteiger partial charge in [-0.15, -0.1) is 0 Å². The van der Waals surface area contributed by atoms with E-state index in [1.54, 1.807) is 30.3 Å². The maximum atomic E-state index is 12.1. The Morgan fingerprint density at radius 1 is 1.17 bits per heavy atom. The summed E-state index contributed by atoms with van der Waals surface area (Å²) in [6.07, 6.45) is 0.153. The van der Waals surface area contributed by atoms with Crippen LogP contribution in [0.2, 0.25) is 0 Å². The van der Waals surface area contributed by atoms with Crippen molar-refractivity contribution >= 4 is 28.7 Å². The van der Waals surface area contributed by atoms with Crippen LogP contribution in [0, 0.1) is 5.41 Å². The minimum Gasteiger partial charge on any atom is -0.447 e. The zero-order valence-corrected chi connectivity index (χ0v) is 14.4. The summed E-state index contributed by atoms with van der Waals surface area (Å²) >= 11 is 5.50. The number of ether oxygens (including phenoxy) is 1. The Kier molecular flexibility index (Phi) is 7.23. The van der Waals surface area contributed by atoms with Crippen molar-refractivity contribution in [2.45, 2.75) is 39.7 Å². The minimum atomic E-state index is -1.17. The van der Waals surface area contributed by atoms with E-state index in [0.717, 1.165) is 0 Å². The predicted molar refractivity (Wildman–Crippen MR) is 87.8 cm³/mol. The number of hydrogen-bond donors (Lipinski definition) is 1. The molecular weight excluding hydrogens is 318 g/mol. The fourth-order valence-corrected chi connectivity index (χ4v) is 2.15. The average Bonchev–Trinajstić information content (AvgIpc) is 2.57. The second-order valence-corrected chi connectivity index (χ2v) is 5.91. The number of esters is 1. The molecule has 1 aromatic carbocycles. The third-order valence-corrected chi connectivity index (χ3v) is 4.26. The maximum absolute atomic E-state index is 12.1. The fraction of sp³-hybridized carbons (Fsp3) is 0.471. The summed E-state index contributed by atoms with van der Waals surface area (Å²) in [7, 11) is 0. The van der Waals surface area contributed by atoms with Gasteiger partial charge in [-0.3, -0.25) is 14.4 Å². The van der Waals surface area contributed by atoms with Gasteiger partial charge in [-0.25, -0.2) is 0 Å². The molecule has 0 saturated heterocycles. The zero-order chi connectivity index (χ0) is 17.5. The molecule has 0 bridgehead atoms. The molecule has 0 aromatic heterocycles. The molecule has 1 N–H and O–H groups in total. The summed E-state index contributed by atoms with van der Waals surface area (Å²) in [5.74, 6) is -0.927. The van der Waals surface area contributed by atoms with Gasteiger partial charge in [0, 0.05) is 11.0 Å². The van der Waals surface area contributed by atoms with Gasteiger partial charge in [-0.1, -0.05) is 51.1 Å². The first-order chi connectivity index (χ1) is 10.8. The molecule has 0 aliphatic carbocycles. The molecule has 1 atom stereocenters. The normalized spacial score (nSPS) is 12.3. The van der Waals surface area contributed by atoms with E-state index in [0.29, 0.717) is 18.4 Å². The summed E-state index contributed by atoms with van der Waals surface area (Å²) in [4.78, 5) is 35.5. The van der Waals surface area contributed by atoms with Gasteiger partial charge in [0.15, 0.2) is 0 Å². The Morgan fingerprint density at radius 3 is 2.22 bits per heavy atom. The van der Waals surface area contributed by atoms with Crippen LogP contribution in [0.4, 0.5) is 0 Å². The minimum absolute atomic E-state index is 0.215. The highest BCUT2D eigenvalue weighted by Crippen LogP contribution is 2.25. The average molecular weight is 340 g/mol. The Hall–Kier alpha value is -1.88. The number of amides is 1. The molecule has 1 aromatic rings. The monoisotopic (exact) mass is 339 g/mol. The highest BCUT2D eigenvalue weighted by atomic mass is 35.5. The molecule has 5 nitrogen and oxygen atoms in total. The standard InChI is InChI=1S/C17H22ClNO4/c1-4-17(3,5-2)16(22)19-11-13(20)23-14(15(18)21)12-9-7-6-8-10-12/h6-10,14H,4-5,11H2,1-3H3,(H,19,22). The van der Waals surface area contributed by atoms with E-state index < -0.39 is 22.7 Å². The van der Waals surface area contributed by atoms with Crippen molar-refractivity contribution < 1.29 is 19.1 Å². The fourth-order valence-electron chi connectivity index (χ4n) is 1.98. The number of halogens is 1. The molecule has 1 unspecified atom stereocenters. The highest BCUT2D eigenvalue weighted by Gasteiger charge is 2.30. The molecule has 0 saturated carbocycles. The molecule has 126 valence electrons. The van der Waals surface area contributed by atoms with Crippen LogP contribution in [0.25, 0.3) is 0 Å². The van der Waals surface area contributed by atoms with Gasteiger partial charge in [-0.2, -0.15) is 0 Å². The van der Waals surface area contributed by atoms with Crippen molar-refractivity contribution in [3.63, 3.8) is 0 Å². The Bertz CT molecular complexity index is 555. The van der Waals surface area contributed by atoms with E-state index in [2.05, 4.69) is 5.32 Å². The Balaban J connectivity index is 2.64. The van der Waals surface area contributed by atoms with Gasteiger partial charge in [0.2, 0.25) is 12.0 Å². The lowest BCUT2D eigenvalue weighted by atomic mass is 9.84. The SMILES string of the molecule is CCC(C)(CC)C(=O)NCC(=O)OC(C(=O)Cl)c1ccccc1. The van der Waals surface area contributed by atoms with Crippen LogP contribution in [-0.4, -0.2) is 23.7 Å². The van der Waals surface area contributed by atoms with E-state index in [1.165, 1.54) is 0 Å². The van der Waals surface area contributed by atoms with Crippen LogP contribution in [0.1, 0.15) is 45.3 Å². The first-order valence-corrected chi connectivity index (χ1v) is 7.94. The second-order valence-electron chi connectivity index (χ2n) is 5.54. The first-order valence-electron chi connectivity index (χ1n) is 7.56. The van der Waals surface area contributed by atoms with Crippen LogP contribution in [0.5, 0.6) is 0 Å². The van der Waals surface area contributed by atoms with Gasteiger partial charge in [0.25, 0.3) is 5.24 Å². The molecule has 0 spiro atoms. The third kappa shape index (κ3) is 5.36. The van der Waals surface area contributed by atoms with Crippen molar-refractivity contribution in [3.05, 3.63) is 35.9 Å². The van der Waals surface area contributed by atoms with Crippen molar-refractivity contribution in [1.29, 1.82) is 0 Å². The van der Waals surface area contributed by atoms with Crippen LogP contribution in [0.15, 0.2) is 30.3 Å². The van der Waals surface area contributed by atoms with E-state index in [4.69, 9.17) is 16.3 Å². The van der Waals surface area contributed by atoms with Crippen molar-refractivity contribution in [2.24, 2.45) is 5.41 Å². The molecule has 1 amide bonds. The van der Waals surface area contributed by atoms with Crippen LogP contribution in [-0.2, 0) is 19.1 Å². The molecular formula is C17H22ClNO4. The molecule has 0 fully saturated rings. The van der Waals surface area contributed by atoms with E-state index >= 15 is 0 Å². The largest absolute Gasteiger partial charge is 0.447 e. The smallest absolute Gasteiger partial charge is 0.326 e. The molecule has 6 heteroatoms. The second kappa shape index (κ2) is 8.67. The Labute approximate surface area is 141 Å². The summed E-state index contributed by atoms with van der Waals surface area (Å²) in [6, 6.07) is 8.49. The predicted octanol–water partition coefficient (Wildman–Crippen LogP) is 2.98. The van der Waals surface area contributed by atoms with Crippen molar-refractivity contribution in [2.75, 3.05) is 6.54 Å². The van der Waals surface area contributed by atoms with Crippen LogP contribution >= 0.6 is 11.6 Å². The first kappa shape index (κ1) is 19.2. The number of hydrogen-bond acceptors (Lipinski definition) is 4. The van der Waals surface area contributed by atoms with Gasteiger partial charge < -0.3 is 10.1 Å². The summed E-state index contributed by atoms with van der Waals surface area (Å²) in [6.45, 7) is 5.36. The lowest BCUT2D eigenvalue weighted by molar-refractivity contribution is -0.153. The lowest BCUT2D eigenvalue weighted by Gasteiger charge is -2.25. The number of nitrogens with one attached hydrogen (secondary N) is 1. The van der Waals surface area contributed by atoms with Crippen LogP contribution in [0.3, 0.4) is 0 Å². The topological polar surface area (TPSA) is 72.5 Å². The van der Waals surface area contributed by atoms with E-state index in [1.807, 2.05) is 20.8 Å². The zero-order valence-electron chi connectivity index (χ0n) is 13.6. The molecule has 23 heavy (non-hydrogen) atoms. The van der Waals surface area contributed by atoms with E-state index in [-0.39, 0.29) is 12.5 Å². The van der Waals surface area contributed by atoms with Gasteiger partial charge >= 0.3 is 5.97 Å². The molecule has 0 aliphatic rings. The van der Waals surface area contributed by atoms with Gasteiger partial charge in [0.1, 0.15) is 6.54 Å². The number of rotatable bonds is 8. The Morgan fingerprint density at radius 2 is 1.74 bits per heavy atom. The maximum Gasteiger partial charge on any atom is 0.326 e. The summed E-state index contributed by atoms with van der Waals surface area (Å²) < 4.78 is 5.09. The highest BCUT2D eigenvalue weighted by molar-refractivity contribution is 6.64. The van der Waals surface area contributed by atoms with Gasteiger partial charge in [0.05, 0.1) is 0 Å².